The van der Waals surface area contributed by atoms with Gasteiger partial charge < -0.3 is 5.32 Å². The molecule has 4 nitrogen and oxygen atoms in total. The summed E-state index contributed by atoms with van der Waals surface area (Å²) in [7, 11) is 0. The van der Waals surface area contributed by atoms with Crippen LogP contribution >= 0.6 is 0 Å². The van der Waals surface area contributed by atoms with E-state index in [0.29, 0.717) is 0 Å². The van der Waals surface area contributed by atoms with Gasteiger partial charge in [-0.05, 0) is 31.0 Å². The molecular weight excluding hydrogens is 212 g/mol. The van der Waals surface area contributed by atoms with Crippen LogP contribution < -0.4 is 5.32 Å². The molecule has 1 unspecified atom stereocenters. The van der Waals surface area contributed by atoms with Crippen LogP contribution in [0.3, 0.4) is 0 Å². The number of aryl methyl sites for hydroxylation is 1. The highest BCUT2D eigenvalue weighted by Crippen LogP contribution is 2.15. The first-order valence-corrected chi connectivity index (χ1v) is 5.77. The maximum Gasteiger partial charge on any atom is 0.157 e. The van der Waals surface area contributed by atoms with E-state index in [9.17, 15) is 0 Å². The van der Waals surface area contributed by atoms with Crippen LogP contribution in [0.1, 0.15) is 25.3 Å². The average molecular weight is 228 g/mol. The van der Waals surface area contributed by atoms with Gasteiger partial charge in [-0.3, -0.25) is 0 Å². The first-order chi connectivity index (χ1) is 8.24. The van der Waals surface area contributed by atoms with Crippen molar-refractivity contribution >= 4 is 11.5 Å². The predicted octanol–water partition coefficient (Wildman–Crippen LogP) is 2.25. The highest BCUT2D eigenvalue weighted by atomic mass is 15.3. The largest absolute Gasteiger partial charge is 0.356 e. The molecule has 17 heavy (non-hydrogen) atoms. The van der Waals surface area contributed by atoms with Gasteiger partial charge >= 0.3 is 0 Å². The van der Waals surface area contributed by atoms with Crippen LogP contribution in [-0.2, 0) is 0 Å². The van der Waals surface area contributed by atoms with E-state index >= 15 is 0 Å². The summed E-state index contributed by atoms with van der Waals surface area (Å²) < 4.78 is 1.77. The number of pyridine rings is 1. The van der Waals surface area contributed by atoms with Crippen LogP contribution in [0.15, 0.2) is 18.5 Å². The van der Waals surface area contributed by atoms with E-state index in [-0.39, 0.29) is 6.04 Å². The van der Waals surface area contributed by atoms with Gasteiger partial charge in [0.2, 0.25) is 0 Å². The topological polar surface area (TPSA) is 42.2 Å². The van der Waals surface area contributed by atoms with Crippen molar-refractivity contribution in [3.05, 3.63) is 24.0 Å². The lowest BCUT2D eigenvalue weighted by Crippen LogP contribution is -2.19. The number of rotatable bonds is 4. The SMILES string of the molecule is C#CC(CCC)Nc1cc(C)cc2ncnn12. The molecule has 0 aliphatic heterocycles. The van der Waals surface area contributed by atoms with Gasteiger partial charge in [0.25, 0.3) is 0 Å². The summed E-state index contributed by atoms with van der Waals surface area (Å²) in [5.74, 6) is 3.65. The Kier molecular flexibility index (Phi) is 3.29. The Balaban J connectivity index is 2.34. The molecule has 0 saturated heterocycles. The third-order valence-corrected chi connectivity index (χ3v) is 2.62. The minimum Gasteiger partial charge on any atom is -0.356 e. The Bertz CT molecular complexity index is 550. The predicted molar refractivity (Wildman–Crippen MR) is 68.9 cm³/mol. The van der Waals surface area contributed by atoms with E-state index in [4.69, 9.17) is 6.42 Å². The highest BCUT2D eigenvalue weighted by Gasteiger charge is 2.08. The third-order valence-electron chi connectivity index (χ3n) is 2.62. The quantitative estimate of drug-likeness (QED) is 0.816. The molecule has 0 amide bonds. The number of hydrogen-bond donors (Lipinski definition) is 1. The summed E-state index contributed by atoms with van der Waals surface area (Å²) in [5, 5.41) is 7.51. The van der Waals surface area contributed by atoms with Crippen molar-refractivity contribution in [2.24, 2.45) is 0 Å². The molecule has 4 heteroatoms. The van der Waals surface area contributed by atoms with Gasteiger partial charge in [0.05, 0.1) is 6.04 Å². The molecule has 1 N–H and O–H groups in total. The van der Waals surface area contributed by atoms with Gasteiger partial charge in [-0.2, -0.15) is 9.61 Å². The number of nitrogens with zero attached hydrogens (tertiary/aromatic N) is 3. The molecule has 0 fully saturated rings. The van der Waals surface area contributed by atoms with Crippen molar-refractivity contribution in [3.63, 3.8) is 0 Å². The Morgan fingerprint density at radius 2 is 2.35 bits per heavy atom. The molecule has 2 heterocycles. The monoisotopic (exact) mass is 228 g/mol. The molecule has 0 radical (unpaired) electrons. The lowest BCUT2D eigenvalue weighted by Gasteiger charge is -2.14. The molecule has 1 atom stereocenters. The lowest BCUT2D eigenvalue weighted by molar-refractivity contribution is 0.746. The van der Waals surface area contributed by atoms with Gasteiger partial charge in [-0.25, -0.2) is 4.98 Å². The van der Waals surface area contributed by atoms with E-state index in [0.717, 1.165) is 29.9 Å². The molecule has 2 aromatic heterocycles. The van der Waals surface area contributed by atoms with Gasteiger partial charge in [-0.15, -0.1) is 6.42 Å². The maximum absolute atomic E-state index is 5.51. The molecule has 2 aromatic rings. The molecule has 0 aliphatic rings. The van der Waals surface area contributed by atoms with E-state index in [1.807, 2.05) is 19.1 Å². The van der Waals surface area contributed by atoms with Gasteiger partial charge in [0.1, 0.15) is 12.1 Å². The first kappa shape index (κ1) is 11.5. The zero-order valence-corrected chi connectivity index (χ0v) is 10.1. The molecular formula is C13H16N4. The second-order valence-electron chi connectivity index (χ2n) is 4.10. The minimum atomic E-state index is 0.0363. The van der Waals surface area contributed by atoms with E-state index in [1.54, 1.807) is 10.8 Å². The second kappa shape index (κ2) is 4.88. The average Bonchev–Trinajstić information content (AvgIpc) is 2.76. The Hall–Kier alpha value is -2.02. The zero-order valence-electron chi connectivity index (χ0n) is 10.1. The van der Waals surface area contributed by atoms with E-state index < -0.39 is 0 Å². The second-order valence-corrected chi connectivity index (χ2v) is 4.10. The van der Waals surface area contributed by atoms with Crippen LogP contribution in [0.25, 0.3) is 5.65 Å². The normalized spacial score (nSPS) is 12.3. The van der Waals surface area contributed by atoms with Crippen LogP contribution in [0.4, 0.5) is 5.82 Å². The van der Waals surface area contributed by atoms with Crippen LogP contribution in [0, 0.1) is 19.3 Å². The van der Waals surface area contributed by atoms with Crippen LogP contribution in [-0.4, -0.2) is 20.6 Å². The van der Waals surface area contributed by atoms with Gasteiger partial charge in [-0.1, -0.05) is 19.3 Å². The summed E-state index contributed by atoms with van der Waals surface area (Å²) in [6.07, 6.45) is 9.05. The molecule has 0 bridgehead atoms. The van der Waals surface area contributed by atoms with Crippen LogP contribution in [0.5, 0.6) is 0 Å². The number of aromatic nitrogens is 3. The first-order valence-electron chi connectivity index (χ1n) is 5.77. The van der Waals surface area contributed by atoms with Crippen molar-refractivity contribution < 1.29 is 0 Å². The Morgan fingerprint density at radius 3 is 3.06 bits per heavy atom. The Labute approximate surface area is 101 Å². The van der Waals surface area contributed by atoms with Gasteiger partial charge in [0, 0.05) is 0 Å². The number of anilines is 1. The van der Waals surface area contributed by atoms with Crippen molar-refractivity contribution in [2.45, 2.75) is 32.7 Å². The zero-order chi connectivity index (χ0) is 12.3. The summed E-state index contributed by atoms with van der Waals surface area (Å²) in [5.41, 5.74) is 1.97. The third kappa shape index (κ3) is 2.39. The van der Waals surface area contributed by atoms with Crippen LogP contribution in [0.2, 0.25) is 0 Å². The van der Waals surface area contributed by atoms with E-state index in [1.165, 1.54) is 0 Å². The number of nitrogens with one attached hydrogen (secondary N) is 1. The van der Waals surface area contributed by atoms with Crippen molar-refractivity contribution in [1.82, 2.24) is 14.6 Å². The standard InChI is InChI=1S/C13H16N4/c1-4-6-11(5-2)16-13-8-10(3)7-12-14-9-15-17(12)13/h2,7-9,11,16H,4,6H2,1,3H3. The Morgan fingerprint density at radius 1 is 1.53 bits per heavy atom. The van der Waals surface area contributed by atoms with Gasteiger partial charge in [0.15, 0.2) is 5.65 Å². The molecule has 0 saturated carbocycles. The fraction of sp³-hybridized carbons (Fsp3) is 0.385. The number of fused-ring (bicyclic) bond motifs is 1. The highest BCUT2D eigenvalue weighted by molar-refractivity contribution is 5.52. The van der Waals surface area contributed by atoms with Crippen molar-refractivity contribution in [1.29, 1.82) is 0 Å². The molecule has 0 spiro atoms. The summed E-state index contributed by atoms with van der Waals surface area (Å²) >= 11 is 0. The number of terminal acetylenes is 1. The summed E-state index contributed by atoms with van der Waals surface area (Å²) in [6.45, 7) is 4.15. The smallest absolute Gasteiger partial charge is 0.157 e. The number of hydrogen-bond acceptors (Lipinski definition) is 3. The molecule has 88 valence electrons. The maximum atomic E-state index is 5.51. The minimum absolute atomic E-state index is 0.0363. The van der Waals surface area contributed by atoms with E-state index in [2.05, 4.69) is 28.2 Å². The van der Waals surface area contributed by atoms with Crippen molar-refractivity contribution in [2.75, 3.05) is 5.32 Å². The molecule has 0 aliphatic carbocycles. The molecule has 2 rings (SSSR count). The summed E-state index contributed by atoms with van der Waals surface area (Å²) in [4.78, 5) is 4.18. The summed E-state index contributed by atoms with van der Waals surface area (Å²) in [6, 6.07) is 4.05. The van der Waals surface area contributed by atoms with Crippen molar-refractivity contribution in [3.8, 4) is 12.3 Å². The molecule has 0 aromatic carbocycles. The lowest BCUT2D eigenvalue weighted by atomic mass is 10.2. The fourth-order valence-corrected chi connectivity index (χ4v) is 1.82. The fourth-order valence-electron chi connectivity index (χ4n) is 1.82.